The maximum absolute atomic E-state index is 12.7. The summed E-state index contributed by atoms with van der Waals surface area (Å²) < 4.78 is 4.79. The van der Waals surface area contributed by atoms with Gasteiger partial charge in [-0.3, -0.25) is 20.0 Å². The fourth-order valence-electron chi connectivity index (χ4n) is 9.19. The van der Waals surface area contributed by atoms with Gasteiger partial charge < -0.3 is 35.3 Å². The fourth-order valence-corrected chi connectivity index (χ4v) is 9.19. The number of aliphatic hydroxyl groups excluding tert-OH is 2. The Bertz CT molecular complexity index is 1460. The Hall–Kier alpha value is -3.56. The van der Waals surface area contributed by atoms with Crippen LogP contribution in [0.25, 0.3) is 0 Å². The van der Waals surface area contributed by atoms with Gasteiger partial charge in [-0.1, -0.05) is 42.5 Å². The van der Waals surface area contributed by atoms with E-state index in [4.69, 9.17) is 9.57 Å². The molecule has 1 aromatic carbocycles. The second-order valence-electron chi connectivity index (χ2n) is 13.9. The van der Waals surface area contributed by atoms with Crippen LogP contribution in [0, 0.1) is 28.6 Å². The van der Waals surface area contributed by atoms with Gasteiger partial charge in [0.2, 0.25) is 0 Å². The molecule has 0 radical (unpaired) electrons. The van der Waals surface area contributed by atoms with Crippen LogP contribution in [0.4, 0.5) is 5.69 Å². The molecule has 0 bridgehead atoms. The molecular formula is C33H44N3O11-. The van der Waals surface area contributed by atoms with Crippen molar-refractivity contribution in [2.24, 2.45) is 33.7 Å². The van der Waals surface area contributed by atoms with Gasteiger partial charge in [0, 0.05) is 11.8 Å². The van der Waals surface area contributed by atoms with Gasteiger partial charge in [0.05, 0.1) is 24.6 Å². The van der Waals surface area contributed by atoms with Crippen LogP contribution in [0.15, 0.2) is 35.0 Å². The van der Waals surface area contributed by atoms with Crippen LogP contribution >= 0.6 is 0 Å². The topological polar surface area (TPSA) is 222 Å². The normalized spacial score (nSPS) is 34.3. The second kappa shape index (κ2) is 13.2. The Labute approximate surface area is 272 Å². The van der Waals surface area contributed by atoms with Crippen LogP contribution < -0.4 is 15.6 Å². The third-order valence-corrected chi connectivity index (χ3v) is 11.5. The van der Waals surface area contributed by atoms with Gasteiger partial charge in [-0.2, -0.15) is 0 Å². The summed E-state index contributed by atoms with van der Waals surface area (Å²) >= 11 is 0. The molecule has 258 valence electrons. The van der Waals surface area contributed by atoms with Crippen molar-refractivity contribution < 1.29 is 54.8 Å². The van der Waals surface area contributed by atoms with Gasteiger partial charge >= 0.3 is 5.97 Å². The largest absolute Gasteiger partial charge is 0.871 e. The lowest BCUT2D eigenvalue weighted by atomic mass is 9.45. The number of ether oxygens (including phenoxy) is 1. The minimum Gasteiger partial charge on any atom is -0.871 e. The van der Waals surface area contributed by atoms with Crippen molar-refractivity contribution in [3.63, 3.8) is 0 Å². The molecule has 8 atom stereocenters. The van der Waals surface area contributed by atoms with E-state index in [1.165, 1.54) is 12.1 Å². The van der Waals surface area contributed by atoms with Gasteiger partial charge in [-0.05, 0) is 85.8 Å². The highest BCUT2D eigenvalue weighted by molar-refractivity contribution is 5.96. The van der Waals surface area contributed by atoms with Crippen molar-refractivity contribution >= 4 is 29.1 Å². The van der Waals surface area contributed by atoms with Crippen molar-refractivity contribution in [2.75, 3.05) is 25.6 Å². The highest BCUT2D eigenvalue weighted by Gasteiger charge is 2.68. The SMILES string of the molecule is COC(=O)[C@@H](Cc1ccc([O-])c(N(O)O)c1)NC(=O)CON=C1C=C2CC[C@H]3[C@H]([C@H](O)C[C@]4(C)[C@@H]3CC[C@]4(O)C(=O)CO)[C@@]2(C)CC1. The number of esters is 1. The van der Waals surface area contributed by atoms with Crippen LogP contribution in [-0.2, 0) is 30.4 Å². The monoisotopic (exact) mass is 658 g/mol. The molecule has 4 aliphatic carbocycles. The van der Waals surface area contributed by atoms with E-state index in [-0.39, 0.29) is 47.7 Å². The number of rotatable bonds is 10. The molecule has 5 rings (SSSR count). The first-order chi connectivity index (χ1) is 22.2. The number of benzene rings is 1. The maximum atomic E-state index is 12.7. The minimum atomic E-state index is -1.64. The molecule has 0 saturated heterocycles. The highest BCUT2D eigenvalue weighted by atomic mass is 16.8. The maximum Gasteiger partial charge on any atom is 0.328 e. The number of hydrogen-bond acceptors (Lipinski definition) is 13. The molecule has 1 amide bonds. The number of allylic oxidation sites excluding steroid dienone is 2. The zero-order chi connectivity index (χ0) is 34.3. The van der Waals surface area contributed by atoms with Crippen molar-refractivity contribution in [2.45, 2.75) is 83.0 Å². The Morgan fingerprint density at radius 3 is 2.60 bits per heavy atom. The van der Waals surface area contributed by atoms with E-state index in [9.17, 15) is 45.2 Å². The number of hydrogen-bond donors (Lipinski definition) is 6. The molecule has 3 saturated carbocycles. The van der Waals surface area contributed by atoms with Crippen LogP contribution in [-0.4, -0.2) is 87.2 Å². The van der Waals surface area contributed by atoms with Crippen molar-refractivity contribution in [1.82, 2.24) is 5.32 Å². The summed E-state index contributed by atoms with van der Waals surface area (Å²) in [4.78, 5) is 43.1. The summed E-state index contributed by atoms with van der Waals surface area (Å²) in [6.07, 6.45) is 5.15. The number of nitrogens with zero attached hydrogens (tertiary/aromatic N) is 2. The number of amides is 1. The van der Waals surface area contributed by atoms with Crippen LogP contribution in [0.1, 0.15) is 64.4 Å². The first-order valence-electron chi connectivity index (χ1n) is 16.0. The number of oxime groups is 1. The molecule has 1 aromatic rings. The lowest BCUT2D eigenvalue weighted by molar-refractivity contribution is -0.268. The third kappa shape index (κ3) is 6.13. The van der Waals surface area contributed by atoms with Gasteiger partial charge in [0.25, 0.3) is 5.91 Å². The molecule has 6 N–H and O–H groups in total. The third-order valence-electron chi connectivity index (χ3n) is 11.5. The van der Waals surface area contributed by atoms with Crippen LogP contribution in [0.5, 0.6) is 5.75 Å². The number of methoxy groups -OCH3 is 1. The van der Waals surface area contributed by atoms with E-state index >= 15 is 0 Å². The molecule has 47 heavy (non-hydrogen) atoms. The van der Waals surface area contributed by atoms with E-state index < -0.39 is 65.5 Å². The number of carbonyl (C=O) groups excluding carboxylic acids is 3. The van der Waals surface area contributed by atoms with Crippen molar-refractivity contribution in [3.05, 3.63) is 35.4 Å². The predicted molar refractivity (Wildman–Crippen MR) is 163 cm³/mol. The van der Waals surface area contributed by atoms with E-state index in [2.05, 4.69) is 17.4 Å². The number of carbonyl (C=O) groups is 3. The zero-order valence-corrected chi connectivity index (χ0v) is 26.8. The number of fused-ring (bicyclic) bond motifs is 5. The smallest absolute Gasteiger partial charge is 0.328 e. The summed E-state index contributed by atoms with van der Waals surface area (Å²) in [7, 11) is 1.16. The van der Waals surface area contributed by atoms with Gasteiger partial charge in [0.15, 0.2) is 12.4 Å². The molecular weight excluding hydrogens is 614 g/mol. The van der Waals surface area contributed by atoms with E-state index in [0.717, 1.165) is 31.6 Å². The standard InChI is InChI=1S/C33H45N3O11/c1-31-10-8-20(35-47-17-28(41)34-23(30(42)46-3)12-18-4-7-25(38)24(13-18)36(44)45)14-19(31)5-6-21-22-9-11-33(43,27(40)16-37)32(22,2)15-26(39)29(21)31/h4,7,13-14,21-23,26,29,37-39,43-45H,5-6,8-12,15-17H2,1-3H3,(H,34,41)/p-1/t21-,22-,23-,26-,29-,31+,32-,33+/m1/s1. The summed E-state index contributed by atoms with van der Waals surface area (Å²) in [6.45, 7) is 2.84. The first kappa shape index (κ1) is 34.8. The zero-order valence-electron chi connectivity index (χ0n) is 26.8. The molecule has 3 fully saturated rings. The Morgan fingerprint density at radius 1 is 1.17 bits per heavy atom. The van der Waals surface area contributed by atoms with E-state index in [0.29, 0.717) is 30.5 Å². The first-order valence-corrected chi connectivity index (χ1v) is 16.0. The lowest BCUT2D eigenvalue weighted by Gasteiger charge is -2.60. The number of Topliss-reactive ketones (excluding diaryl/α,β-unsaturated/α-hetero) is 1. The lowest BCUT2D eigenvalue weighted by Crippen LogP contribution is -2.62. The predicted octanol–water partition coefficient (Wildman–Crippen LogP) is 1.14. The Morgan fingerprint density at radius 2 is 1.91 bits per heavy atom. The number of anilines is 1. The van der Waals surface area contributed by atoms with Crippen molar-refractivity contribution in [1.29, 1.82) is 0 Å². The summed E-state index contributed by atoms with van der Waals surface area (Å²) in [5.74, 6) is -2.51. The highest BCUT2D eigenvalue weighted by Crippen LogP contribution is 2.67. The molecule has 0 heterocycles. The Balaban J connectivity index is 1.23. The summed E-state index contributed by atoms with van der Waals surface area (Å²) in [5, 5.41) is 69.3. The van der Waals surface area contributed by atoms with Gasteiger partial charge in [-0.25, -0.2) is 4.79 Å². The van der Waals surface area contributed by atoms with E-state index in [1.807, 2.05) is 13.0 Å². The number of ketones is 1. The summed E-state index contributed by atoms with van der Waals surface area (Å²) in [5.41, 5.74) is -1.03. The quantitative estimate of drug-likeness (QED) is 0.154. The van der Waals surface area contributed by atoms with E-state index in [1.54, 1.807) is 0 Å². The Kier molecular flexibility index (Phi) is 9.73. The fraction of sp³-hybridized carbons (Fsp3) is 0.636. The van der Waals surface area contributed by atoms with Crippen molar-refractivity contribution in [3.8, 4) is 5.75 Å². The van der Waals surface area contributed by atoms with Crippen LogP contribution in [0.3, 0.4) is 0 Å². The molecule has 0 spiro atoms. The molecule has 0 aliphatic heterocycles. The molecule has 4 aliphatic rings. The number of aliphatic hydroxyl groups is 3. The average molecular weight is 659 g/mol. The molecule has 0 unspecified atom stereocenters. The summed E-state index contributed by atoms with van der Waals surface area (Å²) in [6, 6.07) is 2.54. The molecule has 0 aromatic heterocycles. The average Bonchev–Trinajstić information content (AvgIpc) is 3.30. The second-order valence-corrected chi connectivity index (χ2v) is 13.9. The van der Waals surface area contributed by atoms with Crippen LogP contribution in [0.2, 0.25) is 0 Å². The number of nitrogens with one attached hydrogen (secondary N) is 1. The minimum absolute atomic E-state index is 0.0488. The van der Waals surface area contributed by atoms with Gasteiger partial charge in [-0.15, -0.1) is 5.23 Å². The molecule has 14 nitrogen and oxygen atoms in total. The molecule has 14 heteroatoms. The van der Waals surface area contributed by atoms with Gasteiger partial charge in [0.1, 0.15) is 18.2 Å².